The normalized spacial score (nSPS) is 18.1. The van der Waals surface area contributed by atoms with Crippen molar-refractivity contribution in [2.75, 3.05) is 13.1 Å². The molecule has 1 aliphatic heterocycles. The van der Waals surface area contributed by atoms with Crippen LogP contribution >= 0.6 is 11.3 Å². The number of fused-ring (bicyclic) bond motifs is 1. The quantitative estimate of drug-likeness (QED) is 0.331. The lowest BCUT2D eigenvalue weighted by atomic mass is 9.77. The molecule has 0 saturated carbocycles. The number of hydrogen-bond donors (Lipinski definition) is 4. The number of carbonyl (C=O) groups is 1. The van der Waals surface area contributed by atoms with E-state index in [9.17, 15) is 9.90 Å². The molecule has 31 heavy (non-hydrogen) atoms. The average molecular weight is 438 g/mol. The van der Waals surface area contributed by atoms with E-state index in [1.165, 1.54) is 11.3 Å². The standard InChI is InChI=1S/C24H27N3O3S/c1-3-14-4-6-17(30-18-8-9-27-13-18)12-19(14)24(2,23(28)29)21-11-16-10-15(22(25)26)5-7-20(16)31-21/h4-7,10-12,18,27H,3,8-9,13H2,1-2H3,(H3,25,26)(H,28,29)/t18-,24?/m0/s1. The van der Waals surface area contributed by atoms with Crippen LogP contribution in [0.3, 0.4) is 0 Å². The maximum Gasteiger partial charge on any atom is 0.319 e. The predicted molar refractivity (Wildman–Crippen MR) is 125 cm³/mol. The van der Waals surface area contributed by atoms with Gasteiger partial charge in [-0.2, -0.15) is 0 Å². The van der Waals surface area contributed by atoms with Crippen molar-refractivity contribution < 1.29 is 14.6 Å². The summed E-state index contributed by atoms with van der Waals surface area (Å²) in [6, 6.07) is 13.3. The number of nitrogens with one attached hydrogen (secondary N) is 2. The van der Waals surface area contributed by atoms with Crippen LogP contribution < -0.4 is 15.8 Å². The summed E-state index contributed by atoms with van der Waals surface area (Å²) < 4.78 is 7.11. The van der Waals surface area contributed by atoms with Gasteiger partial charge in [0.2, 0.25) is 0 Å². The molecule has 162 valence electrons. The summed E-state index contributed by atoms with van der Waals surface area (Å²) >= 11 is 1.46. The first-order valence-corrected chi connectivity index (χ1v) is 11.3. The molecule has 0 amide bonds. The van der Waals surface area contributed by atoms with Gasteiger partial charge in [0.05, 0.1) is 0 Å². The second-order valence-electron chi connectivity index (χ2n) is 8.11. The lowest BCUT2D eigenvalue weighted by Gasteiger charge is -2.27. The molecule has 0 bridgehead atoms. The van der Waals surface area contributed by atoms with Crippen molar-refractivity contribution in [3.05, 3.63) is 64.0 Å². The van der Waals surface area contributed by atoms with Gasteiger partial charge in [-0.25, -0.2) is 0 Å². The molecule has 0 aliphatic carbocycles. The largest absolute Gasteiger partial charge is 0.489 e. The minimum absolute atomic E-state index is 0.00447. The molecule has 1 fully saturated rings. The number of amidine groups is 1. The van der Waals surface area contributed by atoms with E-state index in [-0.39, 0.29) is 11.9 Å². The Balaban J connectivity index is 1.82. The molecule has 0 spiro atoms. The van der Waals surface area contributed by atoms with Crippen molar-refractivity contribution in [2.45, 2.75) is 38.2 Å². The Kier molecular flexibility index (Phi) is 5.73. The van der Waals surface area contributed by atoms with Crippen molar-refractivity contribution in [1.82, 2.24) is 5.32 Å². The molecule has 2 atom stereocenters. The summed E-state index contributed by atoms with van der Waals surface area (Å²) in [4.78, 5) is 13.4. The molecular formula is C24H27N3O3S. The van der Waals surface area contributed by atoms with E-state index in [4.69, 9.17) is 15.9 Å². The number of ether oxygens (including phenoxy) is 1. The molecule has 6 nitrogen and oxygen atoms in total. The maximum atomic E-state index is 12.7. The average Bonchev–Trinajstić information content (AvgIpc) is 3.42. The highest BCUT2D eigenvalue weighted by molar-refractivity contribution is 7.19. The first kappa shape index (κ1) is 21.3. The number of hydrogen-bond acceptors (Lipinski definition) is 5. The number of thiophene rings is 1. The van der Waals surface area contributed by atoms with Crippen LogP contribution in [0.1, 0.15) is 41.8 Å². The molecule has 2 aromatic carbocycles. The summed E-state index contributed by atoms with van der Waals surface area (Å²) in [6.07, 6.45) is 1.77. The second kappa shape index (κ2) is 8.32. The fourth-order valence-electron chi connectivity index (χ4n) is 4.13. The Morgan fingerprint density at radius 3 is 2.77 bits per heavy atom. The first-order chi connectivity index (χ1) is 14.8. The molecule has 2 heterocycles. The molecule has 1 unspecified atom stereocenters. The minimum Gasteiger partial charge on any atom is -0.489 e. The minimum atomic E-state index is -1.22. The Labute approximate surface area is 185 Å². The van der Waals surface area contributed by atoms with E-state index >= 15 is 0 Å². The fraction of sp³-hybridized carbons (Fsp3) is 0.333. The van der Waals surface area contributed by atoms with Crippen LogP contribution in [0, 0.1) is 5.41 Å². The van der Waals surface area contributed by atoms with Gasteiger partial charge in [0, 0.05) is 21.7 Å². The topological polar surface area (TPSA) is 108 Å². The van der Waals surface area contributed by atoms with Gasteiger partial charge < -0.3 is 20.9 Å². The zero-order valence-electron chi connectivity index (χ0n) is 17.7. The van der Waals surface area contributed by atoms with E-state index in [1.54, 1.807) is 13.0 Å². The predicted octanol–water partition coefficient (Wildman–Crippen LogP) is 3.88. The van der Waals surface area contributed by atoms with Crippen molar-refractivity contribution >= 4 is 33.2 Å². The summed E-state index contributed by atoms with van der Waals surface area (Å²) in [5.74, 6) is -0.205. The number of carboxylic acids is 1. The van der Waals surface area contributed by atoms with Crippen LogP contribution in [0.2, 0.25) is 0 Å². The summed E-state index contributed by atoms with van der Waals surface area (Å²) in [5.41, 5.74) is 6.78. The third kappa shape index (κ3) is 3.91. The zero-order chi connectivity index (χ0) is 22.2. The smallest absolute Gasteiger partial charge is 0.319 e. The zero-order valence-corrected chi connectivity index (χ0v) is 18.5. The van der Waals surface area contributed by atoms with Gasteiger partial charge in [0.1, 0.15) is 23.1 Å². The molecule has 7 heteroatoms. The van der Waals surface area contributed by atoms with Crippen LogP contribution in [0.25, 0.3) is 10.1 Å². The van der Waals surface area contributed by atoms with E-state index in [2.05, 4.69) is 5.32 Å². The Hall–Kier alpha value is -2.90. The van der Waals surface area contributed by atoms with Crippen LogP contribution in [0.5, 0.6) is 5.75 Å². The molecule has 4 rings (SSSR count). The number of carboxylic acid groups (broad SMARTS) is 1. The van der Waals surface area contributed by atoms with E-state index in [0.717, 1.165) is 52.0 Å². The first-order valence-electron chi connectivity index (χ1n) is 10.5. The lowest BCUT2D eigenvalue weighted by molar-refractivity contribution is -0.141. The van der Waals surface area contributed by atoms with Crippen molar-refractivity contribution in [3.8, 4) is 5.75 Å². The monoisotopic (exact) mass is 437 g/mol. The highest BCUT2D eigenvalue weighted by atomic mass is 32.1. The Morgan fingerprint density at radius 2 is 2.13 bits per heavy atom. The molecule has 1 aromatic heterocycles. The number of nitrogens with two attached hydrogens (primary N) is 1. The number of rotatable bonds is 7. The molecule has 0 radical (unpaired) electrons. The van der Waals surface area contributed by atoms with Gasteiger partial charge >= 0.3 is 5.97 Å². The van der Waals surface area contributed by atoms with Crippen LogP contribution in [0.4, 0.5) is 0 Å². The van der Waals surface area contributed by atoms with E-state index < -0.39 is 11.4 Å². The van der Waals surface area contributed by atoms with Crippen molar-refractivity contribution in [1.29, 1.82) is 5.41 Å². The SMILES string of the molecule is CCc1ccc(O[C@H]2CCNC2)cc1C(C)(C(=O)O)c1cc2cc(C(=N)N)ccc2s1. The van der Waals surface area contributed by atoms with Crippen LogP contribution in [-0.2, 0) is 16.6 Å². The number of nitrogen functional groups attached to an aromatic ring is 1. The highest BCUT2D eigenvalue weighted by Crippen LogP contribution is 2.42. The molecule has 1 saturated heterocycles. The summed E-state index contributed by atoms with van der Waals surface area (Å²) in [7, 11) is 0. The summed E-state index contributed by atoms with van der Waals surface area (Å²) in [6.45, 7) is 5.53. The van der Waals surface area contributed by atoms with Crippen LogP contribution in [-0.4, -0.2) is 36.1 Å². The maximum absolute atomic E-state index is 12.7. The second-order valence-corrected chi connectivity index (χ2v) is 9.20. The van der Waals surface area contributed by atoms with Crippen molar-refractivity contribution in [2.24, 2.45) is 5.73 Å². The molecule has 3 aromatic rings. The molecule has 1 aliphatic rings. The van der Waals surface area contributed by atoms with Gasteiger partial charge in [-0.15, -0.1) is 11.3 Å². The van der Waals surface area contributed by atoms with Gasteiger partial charge in [0.25, 0.3) is 0 Å². The third-order valence-electron chi connectivity index (χ3n) is 6.07. The molecular weight excluding hydrogens is 410 g/mol. The number of benzene rings is 2. The lowest BCUT2D eigenvalue weighted by Crippen LogP contribution is -2.34. The summed E-state index contributed by atoms with van der Waals surface area (Å²) in [5, 5.41) is 22.3. The van der Waals surface area contributed by atoms with Crippen molar-refractivity contribution in [3.63, 3.8) is 0 Å². The Morgan fingerprint density at radius 1 is 1.32 bits per heavy atom. The van der Waals surface area contributed by atoms with Gasteiger partial charge in [-0.05, 0) is 79.2 Å². The van der Waals surface area contributed by atoms with E-state index in [1.807, 2.05) is 43.3 Å². The van der Waals surface area contributed by atoms with Gasteiger partial charge in [-0.1, -0.05) is 13.0 Å². The highest BCUT2D eigenvalue weighted by Gasteiger charge is 2.40. The van der Waals surface area contributed by atoms with Gasteiger partial charge in [-0.3, -0.25) is 10.2 Å². The fourth-order valence-corrected chi connectivity index (χ4v) is 5.33. The number of aryl methyl sites for hydroxylation is 1. The molecule has 5 N–H and O–H groups in total. The number of aliphatic carboxylic acids is 1. The Bertz CT molecular complexity index is 1150. The van der Waals surface area contributed by atoms with Crippen LogP contribution in [0.15, 0.2) is 42.5 Å². The van der Waals surface area contributed by atoms with E-state index in [0.29, 0.717) is 11.3 Å². The third-order valence-corrected chi connectivity index (χ3v) is 7.40. The van der Waals surface area contributed by atoms with Gasteiger partial charge in [0.15, 0.2) is 0 Å².